The zero-order valence-electron chi connectivity index (χ0n) is 16.5. The summed E-state index contributed by atoms with van der Waals surface area (Å²) in [6.45, 7) is 11.3. The van der Waals surface area contributed by atoms with Crippen molar-refractivity contribution >= 4 is 28.3 Å². The van der Waals surface area contributed by atoms with Gasteiger partial charge in [-0.2, -0.15) is 0 Å². The normalized spacial score (nSPS) is 16.9. The molecule has 2 N–H and O–H groups in total. The van der Waals surface area contributed by atoms with Crippen LogP contribution < -0.4 is 10.6 Å². The summed E-state index contributed by atoms with van der Waals surface area (Å²) in [5.74, 6) is -0.209. The van der Waals surface area contributed by atoms with E-state index in [2.05, 4.69) is 48.5 Å². The van der Waals surface area contributed by atoms with Gasteiger partial charge < -0.3 is 10.6 Å². The quantitative estimate of drug-likeness (QED) is 0.847. The number of hydrogen-bond donors (Lipinski definition) is 2. The van der Waals surface area contributed by atoms with Gasteiger partial charge >= 0.3 is 0 Å². The summed E-state index contributed by atoms with van der Waals surface area (Å²) >= 11 is 1.42. The van der Waals surface area contributed by atoms with E-state index in [4.69, 9.17) is 0 Å². The van der Waals surface area contributed by atoms with Gasteiger partial charge in [-0.25, -0.2) is 4.98 Å². The van der Waals surface area contributed by atoms with Gasteiger partial charge in [0.05, 0.1) is 17.8 Å². The summed E-state index contributed by atoms with van der Waals surface area (Å²) in [6.07, 6.45) is 0. The van der Waals surface area contributed by atoms with Gasteiger partial charge in [0.15, 0.2) is 5.13 Å². The maximum Gasteiger partial charge on any atom is 0.240 e. The Morgan fingerprint density at radius 2 is 1.96 bits per heavy atom. The summed E-state index contributed by atoms with van der Waals surface area (Å²) in [5.41, 5.74) is 4.88. The van der Waals surface area contributed by atoms with Crippen molar-refractivity contribution in [3.05, 3.63) is 34.2 Å². The van der Waals surface area contributed by atoms with Crippen LogP contribution in [0.2, 0.25) is 0 Å². The van der Waals surface area contributed by atoms with Gasteiger partial charge in [-0.1, -0.05) is 17.7 Å². The molecule has 0 atom stereocenters. The van der Waals surface area contributed by atoms with E-state index in [0.29, 0.717) is 18.2 Å². The van der Waals surface area contributed by atoms with Crippen LogP contribution in [0.15, 0.2) is 17.5 Å². The van der Waals surface area contributed by atoms with Gasteiger partial charge in [-0.05, 0) is 45.7 Å². The molecule has 0 bridgehead atoms. The van der Waals surface area contributed by atoms with E-state index < -0.39 is 5.54 Å². The molecule has 2 amide bonds. The summed E-state index contributed by atoms with van der Waals surface area (Å²) in [4.78, 5) is 31.0. The third kappa shape index (κ3) is 4.04. The molecule has 7 heteroatoms. The Kier molecular flexibility index (Phi) is 5.35. The van der Waals surface area contributed by atoms with Crippen molar-refractivity contribution in [1.29, 1.82) is 0 Å². The first-order chi connectivity index (χ1) is 12.7. The molecular weight excluding hydrogens is 360 g/mol. The van der Waals surface area contributed by atoms with Gasteiger partial charge in [0, 0.05) is 24.0 Å². The van der Waals surface area contributed by atoms with Crippen LogP contribution in [0.4, 0.5) is 5.13 Å². The molecule has 1 saturated heterocycles. The van der Waals surface area contributed by atoms with Crippen molar-refractivity contribution in [3.8, 4) is 11.3 Å². The number of carbonyl (C=O) groups is 2. The maximum absolute atomic E-state index is 12.5. The van der Waals surface area contributed by atoms with Gasteiger partial charge in [0.25, 0.3) is 0 Å². The molecule has 2 heterocycles. The lowest BCUT2D eigenvalue weighted by atomic mass is 9.98. The molecule has 1 aliphatic rings. The zero-order chi connectivity index (χ0) is 19.8. The van der Waals surface area contributed by atoms with Crippen molar-refractivity contribution < 1.29 is 9.59 Å². The summed E-state index contributed by atoms with van der Waals surface area (Å²) in [5, 5.41) is 8.26. The molecule has 1 aliphatic heterocycles. The summed E-state index contributed by atoms with van der Waals surface area (Å²) < 4.78 is 0. The minimum Gasteiger partial charge on any atom is -0.353 e. The Bertz CT molecular complexity index is 865. The minimum atomic E-state index is -0.695. The Balaban J connectivity index is 1.71. The summed E-state index contributed by atoms with van der Waals surface area (Å²) in [7, 11) is 0. The van der Waals surface area contributed by atoms with Crippen LogP contribution in [0, 0.1) is 20.8 Å². The van der Waals surface area contributed by atoms with Gasteiger partial charge in [-0.3, -0.25) is 14.5 Å². The SMILES string of the molecule is Cc1cc(C)c(-c2csc(NC(=O)CN3CCNC(=O)C3(C)C)n2)c(C)c1. The number of amides is 2. The number of hydrogen-bond acceptors (Lipinski definition) is 5. The van der Waals surface area contributed by atoms with Crippen LogP contribution in [-0.4, -0.2) is 46.9 Å². The number of benzene rings is 1. The highest BCUT2D eigenvalue weighted by Gasteiger charge is 2.38. The van der Waals surface area contributed by atoms with Crippen LogP contribution in [0.25, 0.3) is 11.3 Å². The predicted octanol–water partition coefficient (Wildman–Crippen LogP) is 2.88. The van der Waals surface area contributed by atoms with Gasteiger partial charge in [0.2, 0.25) is 11.8 Å². The largest absolute Gasteiger partial charge is 0.353 e. The Labute approximate surface area is 164 Å². The number of rotatable bonds is 4. The number of aryl methyl sites for hydroxylation is 3. The molecule has 2 aromatic rings. The molecule has 0 unspecified atom stereocenters. The van der Waals surface area contributed by atoms with E-state index >= 15 is 0 Å². The average molecular weight is 387 g/mol. The molecule has 0 aliphatic carbocycles. The summed E-state index contributed by atoms with van der Waals surface area (Å²) in [6, 6.07) is 4.28. The van der Waals surface area contributed by atoms with E-state index in [1.54, 1.807) is 0 Å². The van der Waals surface area contributed by atoms with Crippen LogP contribution in [0.5, 0.6) is 0 Å². The molecule has 3 rings (SSSR count). The monoisotopic (exact) mass is 386 g/mol. The van der Waals surface area contributed by atoms with E-state index in [-0.39, 0.29) is 18.4 Å². The Hall–Kier alpha value is -2.25. The Morgan fingerprint density at radius 1 is 1.30 bits per heavy atom. The molecule has 0 saturated carbocycles. The number of aromatic nitrogens is 1. The van der Waals surface area contributed by atoms with Gasteiger partial charge in [-0.15, -0.1) is 11.3 Å². The second kappa shape index (κ2) is 7.40. The minimum absolute atomic E-state index is 0.0524. The topological polar surface area (TPSA) is 74.3 Å². The van der Waals surface area contributed by atoms with Crippen LogP contribution in [-0.2, 0) is 9.59 Å². The number of anilines is 1. The molecular formula is C20H26N4O2S. The first-order valence-electron chi connectivity index (χ1n) is 9.05. The van der Waals surface area contributed by atoms with Crippen molar-refractivity contribution in [3.63, 3.8) is 0 Å². The number of nitrogens with one attached hydrogen (secondary N) is 2. The fourth-order valence-corrected chi connectivity index (χ4v) is 4.30. The fraction of sp³-hybridized carbons (Fsp3) is 0.450. The highest BCUT2D eigenvalue weighted by molar-refractivity contribution is 7.14. The average Bonchev–Trinajstić information content (AvgIpc) is 2.99. The molecule has 1 aromatic carbocycles. The lowest BCUT2D eigenvalue weighted by molar-refractivity contribution is -0.136. The Morgan fingerprint density at radius 3 is 2.63 bits per heavy atom. The van der Waals surface area contributed by atoms with Crippen LogP contribution in [0.3, 0.4) is 0 Å². The smallest absolute Gasteiger partial charge is 0.240 e. The van der Waals surface area contributed by atoms with E-state index in [9.17, 15) is 9.59 Å². The fourth-order valence-electron chi connectivity index (χ4n) is 3.58. The van der Waals surface area contributed by atoms with Crippen molar-refractivity contribution in [2.24, 2.45) is 0 Å². The lowest BCUT2D eigenvalue weighted by Crippen LogP contribution is -2.62. The van der Waals surface area contributed by atoms with Crippen LogP contribution in [0.1, 0.15) is 30.5 Å². The zero-order valence-corrected chi connectivity index (χ0v) is 17.3. The van der Waals surface area contributed by atoms with E-state index in [1.165, 1.54) is 28.0 Å². The number of nitrogens with zero attached hydrogens (tertiary/aromatic N) is 2. The number of piperazine rings is 1. The number of carbonyl (C=O) groups excluding carboxylic acids is 2. The predicted molar refractivity (Wildman–Crippen MR) is 109 cm³/mol. The molecule has 1 aromatic heterocycles. The van der Waals surface area contributed by atoms with E-state index in [0.717, 1.165) is 11.3 Å². The van der Waals surface area contributed by atoms with Crippen LogP contribution >= 0.6 is 11.3 Å². The molecule has 1 fully saturated rings. The van der Waals surface area contributed by atoms with Gasteiger partial charge in [0.1, 0.15) is 0 Å². The lowest BCUT2D eigenvalue weighted by Gasteiger charge is -2.40. The number of thiazole rings is 1. The second-order valence-corrected chi connectivity index (χ2v) is 8.45. The second-order valence-electron chi connectivity index (χ2n) is 7.60. The third-order valence-corrected chi connectivity index (χ3v) is 5.79. The highest BCUT2D eigenvalue weighted by Crippen LogP contribution is 2.31. The molecule has 27 heavy (non-hydrogen) atoms. The standard InChI is InChI=1S/C20H26N4O2S/c1-12-8-13(2)17(14(3)9-12)15-11-27-19(22-15)23-16(25)10-24-7-6-21-18(26)20(24,4)5/h8-9,11H,6-7,10H2,1-5H3,(H,21,26)(H,22,23,25). The third-order valence-electron chi connectivity index (χ3n) is 5.03. The van der Waals surface area contributed by atoms with Crippen molar-refractivity contribution in [1.82, 2.24) is 15.2 Å². The molecule has 0 spiro atoms. The van der Waals surface area contributed by atoms with Crippen molar-refractivity contribution in [2.75, 3.05) is 25.0 Å². The van der Waals surface area contributed by atoms with E-state index in [1.807, 2.05) is 24.1 Å². The highest BCUT2D eigenvalue weighted by atomic mass is 32.1. The molecule has 0 radical (unpaired) electrons. The molecule has 144 valence electrons. The maximum atomic E-state index is 12.5. The first-order valence-corrected chi connectivity index (χ1v) is 9.93. The molecule has 6 nitrogen and oxygen atoms in total. The first kappa shape index (κ1) is 19.5. The van der Waals surface area contributed by atoms with Crippen molar-refractivity contribution in [2.45, 2.75) is 40.2 Å².